The van der Waals surface area contributed by atoms with Gasteiger partial charge >= 0.3 is 0 Å². The molecule has 1 aliphatic rings. The fourth-order valence-corrected chi connectivity index (χ4v) is 4.15. The minimum Gasteiger partial charge on any atom is -0.361 e. The summed E-state index contributed by atoms with van der Waals surface area (Å²) in [5.74, 6) is 0.529. The summed E-state index contributed by atoms with van der Waals surface area (Å²) in [7, 11) is 0. The third-order valence-corrected chi connectivity index (χ3v) is 5.59. The Balaban J connectivity index is 1.57. The van der Waals surface area contributed by atoms with Crippen LogP contribution in [0.15, 0.2) is 22.7 Å². The molecular weight excluding hydrogens is 350 g/mol. The van der Waals surface area contributed by atoms with E-state index < -0.39 is 0 Å². The number of benzene rings is 1. The third-order valence-electron chi connectivity index (χ3n) is 4.64. The molecule has 1 aromatic carbocycles. The molecule has 8 heteroatoms. The molecule has 1 N–H and O–H groups in total. The highest BCUT2D eigenvalue weighted by Crippen LogP contribution is 2.33. The van der Waals surface area contributed by atoms with Crippen molar-refractivity contribution in [2.75, 3.05) is 18.4 Å². The van der Waals surface area contributed by atoms with Crippen molar-refractivity contribution >= 4 is 32.6 Å². The van der Waals surface area contributed by atoms with E-state index in [1.807, 2.05) is 32.0 Å². The molecule has 1 fully saturated rings. The maximum atomic E-state index is 12.4. The summed E-state index contributed by atoms with van der Waals surface area (Å²) in [6.45, 7) is 4.91. The number of likely N-dealkylation sites (tertiary alicyclic amines) is 1. The van der Waals surface area contributed by atoms with Crippen molar-refractivity contribution in [2.45, 2.75) is 20.3 Å². The van der Waals surface area contributed by atoms with E-state index in [1.165, 1.54) is 11.3 Å². The Bertz CT molecular complexity index is 1010. The summed E-state index contributed by atoms with van der Waals surface area (Å²) in [6.07, 6.45) is 2.79. The normalized spacial score (nSPS) is 16.8. The minimum atomic E-state index is -0.167. The molecule has 3 aromatic rings. The average Bonchev–Trinajstić information content (AvgIpc) is 3.32. The number of aromatic nitrogens is 2. The van der Waals surface area contributed by atoms with Gasteiger partial charge in [0, 0.05) is 18.7 Å². The molecule has 7 nitrogen and oxygen atoms in total. The van der Waals surface area contributed by atoms with E-state index in [4.69, 9.17) is 9.78 Å². The molecule has 1 atom stereocenters. The highest BCUT2D eigenvalue weighted by atomic mass is 32.1. The van der Waals surface area contributed by atoms with Gasteiger partial charge in [-0.25, -0.2) is 4.98 Å². The monoisotopic (exact) mass is 367 g/mol. The number of hydrogen-bond acceptors (Lipinski definition) is 7. The van der Waals surface area contributed by atoms with E-state index in [1.54, 1.807) is 4.90 Å². The summed E-state index contributed by atoms with van der Waals surface area (Å²) >= 11 is 1.44. The molecule has 0 bridgehead atoms. The Kier molecular flexibility index (Phi) is 4.09. The molecule has 0 spiro atoms. The topological polar surface area (TPSA) is 95.0 Å². The summed E-state index contributed by atoms with van der Waals surface area (Å²) in [5.41, 5.74) is 3.65. The molecular formula is C18H17N5O2S. The van der Waals surface area contributed by atoms with Crippen LogP contribution in [0, 0.1) is 31.2 Å². The van der Waals surface area contributed by atoms with Crippen LogP contribution in [0.2, 0.25) is 0 Å². The Labute approximate surface area is 154 Å². The number of rotatable bonds is 3. The van der Waals surface area contributed by atoms with E-state index in [-0.39, 0.29) is 11.8 Å². The highest BCUT2D eigenvalue weighted by molar-refractivity contribution is 7.22. The second-order valence-corrected chi connectivity index (χ2v) is 7.45. The van der Waals surface area contributed by atoms with E-state index in [2.05, 4.69) is 21.7 Å². The zero-order valence-corrected chi connectivity index (χ0v) is 15.3. The molecule has 1 saturated heterocycles. The highest BCUT2D eigenvalue weighted by Gasteiger charge is 2.28. The number of nitrogens with one attached hydrogen (secondary N) is 1. The predicted octanol–water partition coefficient (Wildman–Crippen LogP) is 3.31. The van der Waals surface area contributed by atoms with Gasteiger partial charge in [0.05, 0.1) is 21.8 Å². The number of anilines is 1. The second kappa shape index (κ2) is 6.42. The van der Waals surface area contributed by atoms with Crippen molar-refractivity contribution in [3.63, 3.8) is 0 Å². The Morgan fingerprint density at radius 2 is 2.31 bits per heavy atom. The van der Waals surface area contributed by atoms with E-state index in [0.29, 0.717) is 24.6 Å². The van der Waals surface area contributed by atoms with E-state index in [0.717, 1.165) is 32.8 Å². The lowest BCUT2D eigenvalue weighted by Gasteiger charge is -2.08. The van der Waals surface area contributed by atoms with Gasteiger partial charge in [0.25, 0.3) is 0 Å². The SMILES string of the molecule is Cc1noc(C)c1-c1ccc2sc(NC(=O)C3CCN(C#N)C3)nc2c1. The van der Waals surface area contributed by atoms with E-state index >= 15 is 0 Å². The molecule has 1 unspecified atom stereocenters. The van der Waals surface area contributed by atoms with Crippen LogP contribution in [0.1, 0.15) is 17.9 Å². The lowest BCUT2D eigenvalue weighted by atomic mass is 10.0. The van der Waals surface area contributed by atoms with Gasteiger partial charge in [0.15, 0.2) is 11.3 Å². The lowest BCUT2D eigenvalue weighted by molar-refractivity contribution is -0.119. The molecule has 2 aromatic heterocycles. The molecule has 1 amide bonds. The smallest absolute Gasteiger partial charge is 0.231 e. The van der Waals surface area contributed by atoms with Gasteiger partial charge in [-0.3, -0.25) is 4.79 Å². The van der Waals surface area contributed by atoms with E-state index in [9.17, 15) is 4.79 Å². The van der Waals surface area contributed by atoms with Gasteiger partial charge in [0.1, 0.15) is 5.76 Å². The summed E-state index contributed by atoms with van der Waals surface area (Å²) in [6, 6.07) is 6.00. The molecule has 0 aliphatic carbocycles. The summed E-state index contributed by atoms with van der Waals surface area (Å²) in [4.78, 5) is 18.6. The number of hydrogen-bond donors (Lipinski definition) is 1. The van der Waals surface area contributed by atoms with Crippen molar-refractivity contribution in [2.24, 2.45) is 5.92 Å². The molecule has 132 valence electrons. The lowest BCUT2D eigenvalue weighted by Crippen LogP contribution is -2.25. The Hall–Kier alpha value is -2.92. The first kappa shape index (κ1) is 16.5. The van der Waals surface area contributed by atoms with Gasteiger partial charge < -0.3 is 14.7 Å². The summed E-state index contributed by atoms with van der Waals surface area (Å²) < 4.78 is 6.24. The number of nitriles is 1. The molecule has 3 heterocycles. The Morgan fingerprint density at radius 1 is 1.46 bits per heavy atom. The van der Waals surface area contributed by atoms with Crippen molar-refractivity contribution in [1.29, 1.82) is 5.26 Å². The van der Waals surface area contributed by atoms with Gasteiger partial charge in [-0.2, -0.15) is 5.26 Å². The Morgan fingerprint density at radius 3 is 3.00 bits per heavy atom. The fourth-order valence-electron chi connectivity index (χ4n) is 3.30. The predicted molar refractivity (Wildman–Crippen MR) is 98.5 cm³/mol. The van der Waals surface area contributed by atoms with Crippen LogP contribution >= 0.6 is 11.3 Å². The largest absolute Gasteiger partial charge is 0.361 e. The quantitative estimate of drug-likeness (QED) is 0.714. The standard InChI is InChI=1S/C18H17N5O2S/c1-10-16(11(2)25-22-10)12-3-4-15-14(7-12)20-18(26-15)21-17(24)13-5-6-23(8-13)9-19/h3-4,7,13H,5-6,8H2,1-2H3,(H,20,21,24). The first-order valence-electron chi connectivity index (χ1n) is 8.34. The van der Waals surface area contributed by atoms with Gasteiger partial charge in [-0.05, 0) is 38.0 Å². The van der Waals surface area contributed by atoms with Crippen LogP contribution in [0.25, 0.3) is 21.3 Å². The number of carbonyl (C=O) groups is 1. The minimum absolute atomic E-state index is 0.0762. The molecule has 0 saturated carbocycles. The van der Waals surface area contributed by atoms with Crippen LogP contribution in [-0.2, 0) is 4.79 Å². The number of carbonyl (C=O) groups excluding carboxylic acids is 1. The average molecular weight is 367 g/mol. The number of aryl methyl sites for hydroxylation is 2. The zero-order valence-electron chi connectivity index (χ0n) is 14.4. The maximum absolute atomic E-state index is 12.4. The van der Waals surface area contributed by atoms with Crippen molar-refractivity contribution < 1.29 is 9.32 Å². The van der Waals surface area contributed by atoms with Gasteiger partial charge in [-0.1, -0.05) is 22.6 Å². The molecule has 0 radical (unpaired) electrons. The third kappa shape index (κ3) is 2.91. The van der Waals surface area contributed by atoms with Crippen LogP contribution in [-0.4, -0.2) is 34.0 Å². The first-order chi connectivity index (χ1) is 12.5. The van der Waals surface area contributed by atoms with Crippen molar-refractivity contribution in [1.82, 2.24) is 15.0 Å². The summed E-state index contributed by atoms with van der Waals surface area (Å²) in [5, 5.41) is 16.4. The zero-order chi connectivity index (χ0) is 18.3. The number of thiazole rings is 1. The van der Waals surface area contributed by atoms with Crippen LogP contribution < -0.4 is 5.32 Å². The molecule has 4 rings (SSSR count). The number of amides is 1. The maximum Gasteiger partial charge on any atom is 0.231 e. The first-order valence-corrected chi connectivity index (χ1v) is 9.16. The van der Waals surface area contributed by atoms with Crippen LogP contribution in [0.4, 0.5) is 5.13 Å². The van der Waals surface area contributed by atoms with Crippen molar-refractivity contribution in [3.05, 3.63) is 29.7 Å². The fraction of sp³-hybridized carbons (Fsp3) is 0.333. The van der Waals surface area contributed by atoms with Gasteiger partial charge in [0.2, 0.25) is 5.91 Å². The van der Waals surface area contributed by atoms with Gasteiger partial charge in [-0.15, -0.1) is 0 Å². The molecule has 26 heavy (non-hydrogen) atoms. The number of nitrogens with zero attached hydrogens (tertiary/aromatic N) is 4. The van der Waals surface area contributed by atoms with Crippen LogP contribution in [0.3, 0.4) is 0 Å². The number of fused-ring (bicyclic) bond motifs is 1. The van der Waals surface area contributed by atoms with Crippen molar-refractivity contribution in [3.8, 4) is 17.3 Å². The van der Waals surface area contributed by atoms with Crippen LogP contribution in [0.5, 0.6) is 0 Å². The molecule has 1 aliphatic heterocycles. The second-order valence-electron chi connectivity index (χ2n) is 6.42.